The molecule has 0 aromatic carbocycles. The molecular weight excluding hydrogens is 220 g/mol. The average Bonchev–Trinajstić information content (AvgIpc) is 2.30. The molecule has 1 unspecified atom stereocenters. The minimum atomic E-state index is 0.743. The molecule has 1 aromatic heterocycles. The van der Waals surface area contributed by atoms with Crippen LogP contribution in [0, 0.1) is 12.8 Å². The van der Waals surface area contributed by atoms with E-state index in [0.717, 1.165) is 37.1 Å². The molecule has 0 spiro atoms. The molecule has 1 atom stereocenters. The Balaban J connectivity index is 2.07. The van der Waals surface area contributed by atoms with Crippen molar-refractivity contribution < 1.29 is 0 Å². The molecule has 0 amide bonds. The van der Waals surface area contributed by atoms with Crippen molar-refractivity contribution in [2.24, 2.45) is 5.92 Å². The third-order valence-electron chi connectivity index (χ3n) is 3.32. The molecule has 0 bridgehead atoms. The number of alkyl halides is 1. The number of nitrogens with zero attached hydrogens (tertiary/aromatic N) is 2. The van der Waals surface area contributed by atoms with Crippen LogP contribution >= 0.6 is 11.6 Å². The van der Waals surface area contributed by atoms with Gasteiger partial charge in [-0.15, -0.1) is 11.6 Å². The fourth-order valence-electron chi connectivity index (χ4n) is 2.46. The number of hydrogen-bond donors (Lipinski definition) is 0. The van der Waals surface area contributed by atoms with Gasteiger partial charge in [0.25, 0.3) is 0 Å². The average molecular weight is 239 g/mol. The lowest BCUT2D eigenvalue weighted by atomic mass is 9.95. The Bertz CT molecular complexity index is 338. The monoisotopic (exact) mass is 238 g/mol. The van der Waals surface area contributed by atoms with Gasteiger partial charge in [-0.25, -0.2) is 4.98 Å². The van der Waals surface area contributed by atoms with Crippen molar-refractivity contribution in [1.29, 1.82) is 0 Å². The van der Waals surface area contributed by atoms with Crippen molar-refractivity contribution in [2.45, 2.75) is 26.2 Å². The van der Waals surface area contributed by atoms with Gasteiger partial charge in [-0.3, -0.25) is 0 Å². The standard InChI is InChI=1S/C13H19ClN2/c1-11-4-2-8-15-13(11)16-9-3-5-12(10-16)6-7-14/h2,4,8,12H,3,5-7,9-10H2,1H3. The van der Waals surface area contributed by atoms with Crippen LogP contribution in [0.15, 0.2) is 18.3 Å². The molecular formula is C13H19ClN2. The molecule has 0 saturated carbocycles. The number of anilines is 1. The van der Waals surface area contributed by atoms with E-state index >= 15 is 0 Å². The second kappa shape index (κ2) is 5.53. The summed E-state index contributed by atoms with van der Waals surface area (Å²) in [6, 6.07) is 4.13. The number of piperidine rings is 1. The molecule has 1 aliphatic rings. The summed E-state index contributed by atoms with van der Waals surface area (Å²) in [5, 5.41) is 0. The second-order valence-corrected chi connectivity index (χ2v) is 4.95. The number of hydrogen-bond acceptors (Lipinski definition) is 2. The summed E-state index contributed by atoms with van der Waals surface area (Å²) in [5.74, 6) is 2.68. The predicted octanol–water partition coefficient (Wildman–Crippen LogP) is 3.24. The minimum absolute atomic E-state index is 0.743. The fraction of sp³-hybridized carbons (Fsp3) is 0.615. The van der Waals surface area contributed by atoms with E-state index in [1.54, 1.807) is 0 Å². The Kier molecular flexibility index (Phi) is 4.05. The summed E-state index contributed by atoms with van der Waals surface area (Å²) in [6.45, 7) is 4.38. The maximum absolute atomic E-state index is 5.83. The van der Waals surface area contributed by atoms with E-state index in [2.05, 4.69) is 22.9 Å². The van der Waals surface area contributed by atoms with Gasteiger partial charge >= 0.3 is 0 Å². The van der Waals surface area contributed by atoms with Crippen LogP contribution in [0.25, 0.3) is 0 Å². The summed E-state index contributed by atoms with van der Waals surface area (Å²) in [4.78, 5) is 6.90. The highest BCUT2D eigenvalue weighted by Gasteiger charge is 2.21. The number of aromatic nitrogens is 1. The van der Waals surface area contributed by atoms with E-state index in [-0.39, 0.29) is 0 Å². The van der Waals surface area contributed by atoms with Crippen molar-refractivity contribution in [3.63, 3.8) is 0 Å². The van der Waals surface area contributed by atoms with Gasteiger partial charge in [0.05, 0.1) is 0 Å². The minimum Gasteiger partial charge on any atom is -0.356 e. The number of halogens is 1. The molecule has 0 N–H and O–H groups in total. The summed E-state index contributed by atoms with van der Waals surface area (Å²) >= 11 is 5.83. The van der Waals surface area contributed by atoms with Crippen molar-refractivity contribution in [3.8, 4) is 0 Å². The third-order valence-corrected chi connectivity index (χ3v) is 3.54. The molecule has 2 nitrogen and oxygen atoms in total. The largest absolute Gasteiger partial charge is 0.356 e. The lowest BCUT2D eigenvalue weighted by Gasteiger charge is -2.34. The lowest BCUT2D eigenvalue weighted by molar-refractivity contribution is 0.404. The first-order valence-corrected chi connectivity index (χ1v) is 6.57. The van der Waals surface area contributed by atoms with Gasteiger partial charge in [0.1, 0.15) is 5.82 Å². The first kappa shape index (κ1) is 11.7. The summed E-state index contributed by atoms with van der Waals surface area (Å²) in [7, 11) is 0. The quantitative estimate of drug-likeness (QED) is 0.752. The van der Waals surface area contributed by atoms with Gasteiger partial charge in [-0.1, -0.05) is 6.07 Å². The van der Waals surface area contributed by atoms with E-state index in [0.29, 0.717) is 0 Å². The van der Waals surface area contributed by atoms with Gasteiger partial charge in [0.15, 0.2) is 0 Å². The Morgan fingerprint density at radius 2 is 2.44 bits per heavy atom. The maximum atomic E-state index is 5.83. The molecule has 1 aromatic rings. The first-order chi connectivity index (χ1) is 7.81. The molecule has 0 radical (unpaired) electrons. The van der Waals surface area contributed by atoms with E-state index in [4.69, 9.17) is 11.6 Å². The molecule has 88 valence electrons. The SMILES string of the molecule is Cc1cccnc1N1CCCC(CCCl)C1. The second-order valence-electron chi connectivity index (χ2n) is 4.58. The van der Waals surface area contributed by atoms with E-state index in [1.165, 1.54) is 18.4 Å². The van der Waals surface area contributed by atoms with Gasteiger partial charge in [0, 0.05) is 25.2 Å². The van der Waals surface area contributed by atoms with Gasteiger partial charge < -0.3 is 4.90 Å². The third kappa shape index (κ3) is 2.67. The summed E-state index contributed by atoms with van der Waals surface area (Å²) in [6.07, 6.45) is 5.59. The number of aryl methyl sites for hydroxylation is 1. The van der Waals surface area contributed by atoms with Crippen molar-refractivity contribution >= 4 is 17.4 Å². The van der Waals surface area contributed by atoms with E-state index in [9.17, 15) is 0 Å². The number of pyridine rings is 1. The Labute approximate surface area is 103 Å². The van der Waals surface area contributed by atoms with Crippen LogP contribution in [-0.2, 0) is 0 Å². The van der Waals surface area contributed by atoms with Crippen LogP contribution in [-0.4, -0.2) is 24.0 Å². The summed E-state index contributed by atoms with van der Waals surface area (Å²) in [5.41, 5.74) is 1.27. The molecule has 1 saturated heterocycles. The fourth-order valence-corrected chi connectivity index (χ4v) is 2.76. The van der Waals surface area contributed by atoms with E-state index < -0.39 is 0 Å². The molecule has 3 heteroatoms. The predicted molar refractivity (Wildman–Crippen MR) is 69.2 cm³/mol. The van der Waals surface area contributed by atoms with Crippen molar-refractivity contribution in [2.75, 3.05) is 23.9 Å². The van der Waals surface area contributed by atoms with Crippen LogP contribution in [0.5, 0.6) is 0 Å². The highest BCUT2D eigenvalue weighted by atomic mass is 35.5. The molecule has 2 rings (SSSR count). The zero-order valence-electron chi connectivity index (χ0n) is 9.82. The Morgan fingerprint density at radius 3 is 3.19 bits per heavy atom. The first-order valence-electron chi connectivity index (χ1n) is 6.04. The van der Waals surface area contributed by atoms with Gasteiger partial charge in [-0.2, -0.15) is 0 Å². The highest BCUT2D eigenvalue weighted by molar-refractivity contribution is 6.17. The van der Waals surface area contributed by atoms with Crippen LogP contribution < -0.4 is 4.90 Å². The maximum Gasteiger partial charge on any atom is 0.131 e. The molecule has 0 aliphatic carbocycles. The van der Waals surface area contributed by atoms with E-state index in [1.807, 2.05) is 12.3 Å². The molecule has 16 heavy (non-hydrogen) atoms. The lowest BCUT2D eigenvalue weighted by Crippen LogP contribution is -2.36. The van der Waals surface area contributed by atoms with Crippen LogP contribution in [0.4, 0.5) is 5.82 Å². The molecule has 2 heterocycles. The van der Waals surface area contributed by atoms with Crippen LogP contribution in [0.2, 0.25) is 0 Å². The van der Waals surface area contributed by atoms with Gasteiger partial charge in [0.2, 0.25) is 0 Å². The smallest absolute Gasteiger partial charge is 0.131 e. The zero-order valence-corrected chi connectivity index (χ0v) is 10.6. The number of rotatable bonds is 3. The Hall–Kier alpha value is -0.760. The van der Waals surface area contributed by atoms with Gasteiger partial charge in [-0.05, 0) is 43.7 Å². The molecule has 1 aliphatic heterocycles. The normalized spacial score (nSPS) is 21.1. The zero-order chi connectivity index (χ0) is 11.4. The summed E-state index contributed by atoms with van der Waals surface area (Å²) < 4.78 is 0. The topological polar surface area (TPSA) is 16.1 Å². The van der Waals surface area contributed by atoms with Crippen molar-refractivity contribution in [1.82, 2.24) is 4.98 Å². The molecule has 1 fully saturated rings. The highest BCUT2D eigenvalue weighted by Crippen LogP contribution is 2.25. The van der Waals surface area contributed by atoms with Crippen LogP contribution in [0.1, 0.15) is 24.8 Å². The van der Waals surface area contributed by atoms with Crippen molar-refractivity contribution in [3.05, 3.63) is 23.9 Å². The van der Waals surface area contributed by atoms with Crippen LogP contribution in [0.3, 0.4) is 0 Å². The Morgan fingerprint density at radius 1 is 1.56 bits per heavy atom.